The second kappa shape index (κ2) is 17.0. The Morgan fingerprint density at radius 2 is 1.70 bits per heavy atom. The first-order valence-electron chi connectivity index (χ1n) is 9.77. The van der Waals surface area contributed by atoms with Crippen LogP contribution in [0.2, 0.25) is 0 Å². The number of hydroxylamine groups is 1. The summed E-state index contributed by atoms with van der Waals surface area (Å²) >= 11 is 0. The molecule has 5 nitrogen and oxygen atoms in total. The summed E-state index contributed by atoms with van der Waals surface area (Å²) in [5.41, 5.74) is 3.23. The number of benzene rings is 1. The molecule has 0 aliphatic heterocycles. The maximum absolute atomic E-state index is 12.5. The molecular formula is C22H34N2O3. The molecule has 0 aliphatic carbocycles. The van der Waals surface area contributed by atoms with Crippen molar-refractivity contribution in [1.82, 2.24) is 10.8 Å². The summed E-state index contributed by atoms with van der Waals surface area (Å²) < 4.78 is 0. The van der Waals surface area contributed by atoms with Crippen molar-refractivity contribution in [3.05, 3.63) is 54.1 Å². The highest BCUT2D eigenvalue weighted by atomic mass is 16.5. The molecule has 0 aliphatic rings. The molecule has 0 unspecified atom stereocenters. The van der Waals surface area contributed by atoms with Crippen LogP contribution < -0.4 is 10.8 Å². The number of allylic oxidation sites excluding steroid dienone is 3. The lowest BCUT2D eigenvalue weighted by molar-refractivity contribution is -0.129. The molecule has 1 aromatic carbocycles. The van der Waals surface area contributed by atoms with Crippen molar-refractivity contribution in [3.63, 3.8) is 0 Å². The lowest BCUT2D eigenvalue weighted by Gasteiger charge is -2.09. The number of rotatable bonds is 11. The van der Waals surface area contributed by atoms with Gasteiger partial charge in [-0.05, 0) is 31.7 Å². The fourth-order valence-electron chi connectivity index (χ4n) is 2.40. The third-order valence-corrected chi connectivity index (χ3v) is 3.76. The summed E-state index contributed by atoms with van der Waals surface area (Å²) in [6.07, 6.45) is 10.4. The number of unbranched alkanes of at least 4 members (excludes halogenated alkanes) is 3. The largest absolute Gasteiger partial charge is 0.352 e. The van der Waals surface area contributed by atoms with Gasteiger partial charge >= 0.3 is 0 Å². The smallest absolute Gasteiger partial charge is 0.251 e. The van der Waals surface area contributed by atoms with Crippen molar-refractivity contribution >= 4 is 17.4 Å². The van der Waals surface area contributed by atoms with Gasteiger partial charge in [0.1, 0.15) is 0 Å². The first-order chi connectivity index (χ1) is 13.2. The van der Waals surface area contributed by atoms with Crippen molar-refractivity contribution in [2.24, 2.45) is 0 Å². The molecular weight excluding hydrogens is 340 g/mol. The Kier molecular flexibility index (Phi) is 15.5. The molecule has 2 amide bonds. The minimum atomic E-state index is -0.355. The Morgan fingerprint density at radius 1 is 1.04 bits per heavy atom. The molecule has 0 saturated carbocycles. The van der Waals surface area contributed by atoms with Gasteiger partial charge in [0.15, 0.2) is 0 Å². The lowest BCUT2D eigenvalue weighted by atomic mass is 10.0. The molecule has 1 aromatic rings. The molecule has 0 radical (unpaired) electrons. The van der Waals surface area contributed by atoms with Gasteiger partial charge in [0.25, 0.3) is 5.91 Å². The highest BCUT2D eigenvalue weighted by Gasteiger charge is 2.10. The van der Waals surface area contributed by atoms with Gasteiger partial charge in [0.2, 0.25) is 5.91 Å². The van der Waals surface area contributed by atoms with E-state index in [0.717, 1.165) is 37.7 Å². The van der Waals surface area contributed by atoms with E-state index in [9.17, 15) is 9.59 Å². The highest BCUT2D eigenvalue weighted by Crippen LogP contribution is 2.15. The van der Waals surface area contributed by atoms with Crippen molar-refractivity contribution in [1.29, 1.82) is 0 Å². The molecule has 0 atom stereocenters. The normalized spacial score (nSPS) is 10.9. The summed E-state index contributed by atoms with van der Waals surface area (Å²) in [5.74, 6) is -0.414. The minimum absolute atomic E-state index is 0.0599. The predicted octanol–water partition coefficient (Wildman–Crippen LogP) is 4.63. The first-order valence-corrected chi connectivity index (χ1v) is 9.77. The molecule has 5 heteroatoms. The highest BCUT2D eigenvalue weighted by molar-refractivity contribution is 6.19. The van der Waals surface area contributed by atoms with Gasteiger partial charge in [0.05, 0.1) is 0 Å². The zero-order valence-electron chi connectivity index (χ0n) is 16.8. The molecule has 0 spiro atoms. The molecule has 0 saturated heterocycles. The van der Waals surface area contributed by atoms with E-state index in [0.29, 0.717) is 18.5 Å². The Bertz CT molecular complexity index is 580. The third-order valence-electron chi connectivity index (χ3n) is 3.76. The van der Waals surface area contributed by atoms with Crippen molar-refractivity contribution < 1.29 is 14.8 Å². The quantitative estimate of drug-likeness (QED) is 0.174. The van der Waals surface area contributed by atoms with E-state index < -0.39 is 0 Å². The van der Waals surface area contributed by atoms with E-state index in [2.05, 4.69) is 5.32 Å². The van der Waals surface area contributed by atoms with Crippen LogP contribution in [-0.2, 0) is 9.59 Å². The van der Waals surface area contributed by atoms with Gasteiger partial charge in [0, 0.05) is 18.5 Å². The Morgan fingerprint density at radius 3 is 2.33 bits per heavy atom. The summed E-state index contributed by atoms with van der Waals surface area (Å²) in [6.45, 7) is 6.57. The first kappa shape index (κ1) is 24.6. The van der Waals surface area contributed by atoms with Gasteiger partial charge in [-0.3, -0.25) is 14.8 Å². The van der Waals surface area contributed by atoms with E-state index in [4.69, 9.17) is 5.21 Å². The van der Waals surface area contributed by atoms with Crippen LogP contribution in [0.3, 0.4) is 0 Å². The van der Waals surface area contributed by atoms with E-state index in [1.54, 1.807) is 5.48 Å². The molecule has 3 N–H and O–H groups in total. The summed E-state index contributed by atoms with van der Waals surface area (Å²) in [7, 11) is 0. The predicted molar refractivity (Wildman–Crippen MR) is 111 cm³/mol. The van der Waals surface area contributed by atoms with Gasteiger partial charge < -0.3 is 5.32 Å². The maximum atomic E-state index is 12.5. The van der Waals surface area contributed by atoms with Crippen LogP contribution in [0.15, 0.2) is 48.6 Å². The number of hydrogen-bond acceptors (Lipinski definition) is 3. The van der Waals surface area contributed by atoms with Gasteiger partial charge in [-0.15, -0.1) is 0 Å². The zero-order valence-corrected chi connectivity index (χ0v) is 16.8. The lowest BCUT2D eigenvalue weighted by Crippen LogP contribution is -2.25. The van der Waals surface area contributed by atoms with Gasteiger partial charge in [-0.1, -0.05) is 75.2 Å². The monoisotopic (exact) mass is 374 g/mol. The van der Waals surface area contributed by atoms with Crippen LogP contribution in [0.5, 0.6) is 0 Å². The number of carbonyl (C=O) groups is 2. The summed E-state index contributed by atoms with van der Waals surface area (Å²) in [4.78, 5) is 23.3. The van der Waals surface area contributed by atoms with Crippen molar-refractivity contribution in [2.45, 2.75) is 59.3 Å². The molecule has 0 heterocycles. The molecule has 0 fully saturated rings. The summed E-state index contributed by atoms with van der Waals surface area (Å²) in [5, 5.41) is 11.4. The van der Waals surface area contributed by atoms with Crippen LogP contribution in [0.25, 0.3) is 5.57 Å². The molecule has 0 aromatic heterocycles. The molecule has 150 valence electrons. The van der Waals surface area contributed by atoms with Gasteiger partial charge in [-0.2, -0.15) is 0 Å². The van der Waals surface area contributed by atoms with Crippen LogP contribution in [-0.4, -0.2) is 23.6 Å². The SMILES string of the molecule is C/C=C\C/C=C(/C(=O)NCCCCCCC(=O)NO)c1ccccc1.CC. The van der Waals surface area contributed by atoms with Gasteiger partial charge in [-0.25, -0.2) is 5.48 Å². The Hall–Kier alpha value is -2.40. The van der Waals surface area contributed by atoms with E-state index in [1.807, 2.05) is 69.3 Å². The third kappa shape index (κ3) is 11.8. The van der Waals surface area contributed by atoms with Crippen LogP contribution in [0, 0.1) is 0 Å². The average Bonchev–Trinajstić information content (AvgIpc) is 2.72. The molecule has 0 bridgehead atoms. The second-order valence-electron chi connectivity index (χ2n) is 5.74. The van der Waals surface area contributed by atoms with Crippen molar-refractivity contribution in [2.75, 3.05) is 6.54 Å². The zero-order chi connectivity index (χ0) is 20.3. The molecule has 1 rings (SSSR count). The maximum Gasteiger partial charge on any atom is 0.251 e. The fourth-order valence-corrected chi connectivity index (χ4v) is 2.40. The van der Waals surface area contributed by atoms with Crippen LogP contribution in [0.1, 0.15) is 64.9 Å². The van der Waals surface area contributed by atoms with E-state index in [-0.39, 0.29) is 11.8 Å². The number of nitrogens with one attached hydrogen (secondary N) is 2. The minimum Gasteiger partial charge on any atom is -0.352 e. The number of hydrogen-bond donors (Lipinski definition) is 3. The Labute approximate surface area is 163 Å². The topological polar surface area (TPSA) is 78.4 Å². The summed E-state index contributed by atoms with van der Waals surface area (Å²) in [6, 6.07) is 9.66. The number of carbonyl (C=O) groups excluding carboxylic acids is 2. The van der Waals surface area contributed by atoms with Crippen LogP contribution in [0.4, 0.5) is 0 Å². The second-order valence-corrected chi connectivity index (χ2v) is 5.74. The van der Waals surface area contributed by atoms with Crippen LogP contribution >= 0.6 is 0 Å². The Balaban J connectivity index is 0.00000326. The standard InChI is InChI=1S/C20H28N2O3.C2H6/c1-2-3-7-14-18(17-12-8-6-9-13-17)20(24)21-16-11-5-4-10-15-19(23)22-25;1-2/h2-3,6,8-9,12-14,25H,4-5,7,10-11,15-16H2,1H3,(H,21,24)(H,22,23);1-2H3/b3-2-,18-14+;. The molecule has 27 heavy (non-hydrogen) atoms. The van der Waals surface area contributed by atoms with E-state index >= 15 is 0 Å². The number of amides is 2. The average molecular weight is 375 g/mol. The van der Waals surface area contributed by atoms with Crippen molar-refractivity contribution in [3.8, 4) is 0 Å². The van der Waals surface area contributed by atoms with E-state index in [1.165, 1.54) is 0 Å². The fraction of sp³-hybridized carbons (Fsp3) is 0.455.